The molecule has 0 rings (SSSR count). The van der Waals surface area contributed by atoms with E-state index < -0.39 is 6.10 Å². The van der Waals surface area contributed by atoms with Gasteiger partial charge in [-0.3, -0.25) is 0 Å². The minimum absolute atomic E-state index is 0.106. The highest BCUT2D eigenvalue weighted by molar-refractivity contribution is 4.78. The minimum atomic E-state index is -0.397. The Morgan fingerprint density at radius 1 is 1.00 bits per heavy atom. The zero-order valence-corrected chi connectivity index (χ0v) is 14.2. The van der Waals surface area contributed by atoms with Gasteiger partial charge in [-0.25, -0.2) is 0 Å². The Labute approximate surface area is 126 Å². The Morgan fingerprint density at radius 3 is 2.30 bits per heavy atom. The van der Waals surface area contributed by atoms with Crippen molar-refractivity contribution in [3.63, 3.8) is 0 Å². The molecule has 0 aliphatic rings. The van der Waals surface area contributed by atoms with Crippen molar-refractivity contribution in [3.05, 3.63) is 0 Å². The highest BCUT2D eigenvalue weighted by Crippen LogP contribution is 2.10. The summed E-state index contributed by atoms with van der Waals surface area (Å²) in [5, 5.41) is 13.3. The molecule has 0 aromatic rings. The topological polar surface area (TPSA) is 41.5 Å². The second kappa shape index (κ2) is 12.6. The van der Waals surface area contributed by atoms with Crippen LogP contribution in [0.3, 0.4) is 0 Å². The van der Waals surface area contributed by atoms with Crippen LogP contribution >= 0.6 is 0 Å². The first-order chi connectivity index (χ1) is 9.52. The summed E-state index contributed by atoms with van der Waals surface area (Å²) in [4.78, 5) is 0. The molecule has 1 unspecified atom stereocenters. The van der Waals surface area contributed by atoms with E-state index in [9.17, 15) is 5.11 Å². The van der Waals surface area contributed by atoms with Crippen LogP contribution in [0, 0.1) is 0 Å². The number of aliphatic hydroxyl groups is 1. The molecule has 0 spiro atoms. The predicted molar refractivity (Wildman–Crippen MR) is 87.2 cm³/mol. The zero-order chi connectivity index (χ0) is 15.3. The second-order valence-corrected chi connectivity index (χ2v) is 6.51. The molecule has 0 aliphatic carbocycles. The van der Waals surface area contributed by atoms with E-state index in [1.807, 2.05) is 0 Å². The second-order valence-electron chi connectivity index (χ2n) is 6.51. The molecule has 0 aromatic heterocycles. The molecule has 0 heterocycles. The number of ether oxygens (including phenoxy) is 1. The van der Waals surface area contributed by atoms with E-state index in [-0.39, 0.29) is 5.54 Å². The van der Waals surface area contributed by atoms with Gasteiger partial charge in [-0.1, -0.05) is 52.4 Å². The fraction of sp³-hybridized carbons (Fsp3) is 1.00. The first-order valence-corrected chi connectivity index (χ1v) is 8.52. The van der Waals surface area contributed by atoms with Gasteiger partial charge in [0, 0.05) is 18.7 Å². The van der Waals surface area contributed by atoms with Crippen molar-refractivity contribution in [3.8, 4) is 0 Å². The highest BCUT2D eigenvalue weighted by Gasteiger charge is 2.17. The lowest BCUT2D eigenvalue weighted by Crippen LogP contribution is -2.44. The predicted octanol–water partition coefficient (Wildman–Crippen LogP) is 3.89. The highest BCUT2D eigenvalue weighted by atomic mass is 16.5. The lowest BCUT2D eigenvalue weighted by molar-refractivity contribution is 0.0318. The van der Waals surface area contributed by atoms with E-state index in [1.54, 1.807) is 0 Å². The lowest BCUT2D eigenvalue weighted by atomic mass is 9.99. The van der Waals surface area contributed by atoms with Crippen LogP contribution in [0.25, 0.3) is 0 Å². The molecule has 1 atom stereocenters. The average Bonchev–Trinajstić information content (AvgIpc) is 2.39. The van der Waals surface area contributed by atoms with Gasteiger partial charge in [0.15, 0.2) is 0 Å². The van der Waals surface area contributed by atoms with Crippen LogP contribution in [0.2, 0.25) is 0 Å². The SMILES string of the molecule is CCCCCCCCOCC(O)CNC(C)(C)CCC. The molecule has 0 aliphatic heterocycles. The van der Waals surface area contributed by atoms with Crippen molar-refractivity contribution in [1.29, 1.82) is 0 Å². The Balaban J connectivity index is 3.38. The quantitative estimate of drug-likeness (QED) is 0.476. The Hall–Kier alpha value is -0.120. The Morgan fingerprint density at radius 2 is 1.65 bits per heavy atom. The molecule has 20 heavy (non-hydrogen) atoms. The molecule has 0 saturated heterocycles. The first-order valence-electron chi connectivity index (χ1n) is 8.52. The van der Waals surface area contributed by atoms with Crippen molar-refractivity contribution < 1.29 is 9.84 Å². The number of unbranched alkanes of at least 4 members (excludes halogenated alkanes) is 5. The van der Waals surface area contributed by atoms with E-state index in [0.29, 0.717) is 13.2 Å². The minimum Gasteiger partial charge on any atom is -0.389 e. The molecule has 2 N–H and O–H groups in total. The van der Waals surface area contributed by atoms with Gasteiger partial charge in [-0.15, -0.1) is 0 Å². The molecule has 0 saturated carbocycles. The summed E-state index contributed by atoms with van der Waals surface area (Å²) in [5.41, 5.74) is 0.106. The van der Waals surface area contributed by atoms with Crippen LogP contribution in [-0.2, 0) is 4.74 Å². The van der Waals surface area contributed by atoms with Crippen molar-refractivity contribution in [2.75, 3.05) is 19.8 Å². The maximum Gasteiger partial charge on any atom is 0.0897 e. The zero-order valence-electron chi connectivity index (χ0n) is 14.2. The maximum absolute atomic E-state index is 9.87. The number of hydrogen-bond acceptors (Lipinski definition) is 3. The van der Waals surface area contributed by atoms with E-state index in [2.05, 4.69) is 33.0 Å². The van der Waals surface area contributed by atoms with Gasteiger partial charge in [-0.2, -0.15) is 0 Å². The van der Waals surface area contributed by atoms with E-state index >= 15 is 0 Å². The van der Waals surface area contributed by atoms with Gasteiger partial charge in [0.1, 0.15) is 0 Å². The standard InChI is InChI=1S/C17H37NO2/c1-5-7-8-9-10-11-13-20-15-16(19)14-18-17(3,4)12-6-2/h16,18-19H,5-15H2,1-4H3. The fourth-order valence-electron chi connectivity index (χ4n) is 2.37. The third kappa shape index (κ3) is 12.9. The smallest absolute Gasteiger partial charge is 0.0897 e. The maximum atomic E-state index is 9.87. The number of hydrogen-bond donors (Lipinski definition) is 2. The monoisotopic (exact) mass is 287 g/mol. The summed E-state index contributed by atoms with van der Waals surface area (Å²) in [7, 11) is 0. The molecule has 3 nitrogen and oxygen atoms in total. The van der Waals surface area contributed by atoms with E-state index in [0.717, 1.165) is 25.9 Å². The summed E-state index contributed by atoms with van der Waals surface area (Å²) >= 11 is 0. The Kier molecular flexibility index (Phi) is 12.5. The molecular formula is C17H37NO2. The van der Waals surface area contributed by atoms with Gasteiger partial charge in [0.2, 0.25) is 0 Å². The molecular weight excluding hydrogens is 250 g/mol. The summed E-state index contributed by atoms with van der Waals surface area (Å²) < 4.78 is 5.54. The van der Waals surface area contributed by atoms with Crippen LogP contribution < -0.4 is 5.32 Å². The number of nitrogens with one attached hydrogen (secondary N) is 1. The van der Waals surface area contributed by atoms with Crippen molar-refractivity contribution in [2.45, 2.75) is 90.7 Å². The summed E-state index contributed by atoms with van der Waals surface area (Å²) in [6.07, 6.45) is 9.54. The Bertz CT molecular complexity index is 207. The van der Waals surface area contributed by atoms with Crippen molar-refractivity contribution in [2.24, 2.45) is 0 Å². The third-order valence-corrected chi connectivity index (χ3v) is 3.64. The normalized spacial score (nSPS) is 13.7. The molecule has 0 amide bonds. The molecule has 0 bridgehead atoms. The lowest BCUT2D eigenvalue weighted by Gasteiger charge is -2.27. The van der Waals surface area contributed by atoms with Crippen LogP contribution in [0.4, 0.5) is 0 Å². The van der Waals surface area contributed by atoms with Gasteiger partial charge < -0.3 is 15.2 Å². The largest absolute Gasteiger partial charge is 0.389 e. The first kappa shape index (κ1) is 19.9. The van der Waals surface area contributed by atoms with E-state index in [1.165, 1.54) is 32.1 Å². The average molecular weight is 287 g/mol. The van der Waals surface area contributed by atoms with Crippen molar-refractivity contribution in [1.82, 2.24) is 5.32 Å². The van der Waals surface area contributed by atoms with Crippen LogP contribution in [0.5, 0.6) is 0 Å². The number of aliphatic hydroxyl groups excluding tert-OH is 1. The van der Waals surface area contributed by atoms with Gasteiger partial charge in [0.05, 0.1) is 12.7 Å². The van der Waals surface area contributed by atoms with Crippen LogP contribution in [0.15, 0.2) is 0 Å². The van der Waals surface area contributed by atoms with Gasteiger partial charge in [-0.05, 0) is 26.7 Å². The molecule has 122 valence electrons. The van der Waals surface area contributed by atoms with E-state index in [4.69, 9.17) is 4.74 Å². The van der Waals surface area contributed by atoms with Crippen molar-refractivity contribution >= 4 is 0 Å². The molecule has 0 fully saturated rings. The summed E-state index contributed by atoms with van der Waals surface area (Å²) in [5.74, 6) is 0. The fourth-order valence-corrected chi connectivity index (χ4v) is 2.37. The molecule has 3 heteroatoms. The van der Waals surface area contributed by atoms with Gasteiger partial charge >= 0.3 is 0 Å². The van der Waals surface area contributed by atoms with Gasteiger partial charge in [0.25, 0.3) is 0 Å². The summed E-state index contributed by atoms with van der Waals surface area (Å²) in [6, 6.07) is 0. The summed E-state index contributed by atoms with van der Waals surface area (Å²) in [6.45, 7) is 10.6. The van der Waals surface area contributed by atoms with Crippen LogP contribution in [0.1, 0.15) is 79.1 Å². The third-order valence-electron chi connectivity index (χ3n) is 3.64. The number of β-amino-alcohol motifs (C(OH)–C–C–N with tert-alkyl or cyclic N) is 1. The number of rotatable bonds is 14. The molecule has 0 aromatic carbocycles. The van der Waals surface area contributed by atoms with Crippen LogP contribution in [-0.4, -0.2) is 36.5 Å². The molecule has 0 radical (unpaired) electrons.